The van der Waals surface area contributed by atoms with E-state index in [0.29, 0.717) is 13.1 Å². The summed E-state index contributed by atoms with van der Waals surface area (Å²) in [6, 6.07) is 1.47. The molecule has 0 atom stereocenters. The SMILES string of the molecule is CCCn1c(=O)[nH]c(=O)c2cc(C(=O)NCCCn3ccnc3)cnc21. The summed E-state index contributed by atoms with van der Waals surface area (Å²) < 4.78 is 3.33. The molecule has 3 rings (SSSR count). The van der Waals surface area contributed by atoms with E-state index < -0.39 is 11.2 Å². The predicted octanol–water partition coefficient (Wildman–Crippen LogP) is 0.511. The third kappa shape index (κ3) is 3.71. The van der Waals surface area contributed by atoms with Gasteiger partial charge in [-0.05, 0) is 18.9 Å². The predicted molar refractivity (Wildman–Crippen MR) is 96.1 cm³/mol. The van der Waals surface area contributed by atoms with Gasteiger partial charge in [0.05, 0.1) is 17.3 Å². The first kappa shape index (κ1) is 17.6. The molecule has 0 spiro atoms. The molecule has 136 valence electrons. The highest BCUT2D eigenvalue weighted by molar-refractivity contribution is 5.96. The van der Waals surface area contributed by atoms with E-state index in [9.17, 15) is 14.4 Å². The number of aryl methyl sites for hydroxylation is 2. The number of carbonyl (C=O) groups excluding carboxylic acids is 1. The number of fused-ring (bicyclic) bond motifs is 1. The topological polar surface area (TPSA) is 115 Å². The number of hydrogen-bond acceptors (Lipinski definition) is 5. The number of rotatable bonds is 7. The monoisotopic (exact) mass is 356 g/mol. The second-order valence-electron chi connectivity index (χ2n) is 5.92. The van der Waals surface area contributed by atoms with Crippen molar-refractivity contribution in [3.05, 3.63) is 57.4 Å². The highest BCUT2D eigenvalue weighted by Gasteiger charge is 2.12. The molecule has 26 heavy (non-hydrogen) atoms. The lowest BCUT2D eigenvalue weighted by molar-refractivity contribution is 0.0952. The third-order valence-corrected chi connectivity index (χ3v) is 3.98. The Kier molecular flexibility index (Phi) is 5.26. The van der Waals surface area contributed by atoms with Crippen molar-refractivity contribution >= 4 is 16.9 Å². The average molecular weight is 356 g/mol. The van der Waals surface area contributed by atoms with Crippen LogP contribution in [0.15, 0.2) is 40.6 Å². The van der Waals surface area contributed by atoms with Crippen LogP contribution in [0.3, 0.4) is 0 Å². The zero-order valence-electron chi connectivity index (χ0n) is 14.4. The second kappa shape index (κ2) is 7.77. The van der Waals surface area contributed by atoms with Crippen LogP contribution in [0.5, 0.6) is 0 Å². The van der Waals surface area contributed by atoms with Crippen molar-refractivity contribution in [2.24, 2.45) is 0 Å². The minimum atomic E-state index is -0.542. The van der Waals surface area contributed by atoms with E-state index in [4.69, 9.17) is 0 Å². The molecule has 1 amide bonds. The van der Waals surface area contributed by atoms with Gasteiger partial charge in [0, 0.05) is 38.2 Å². The third-order valence-electron chi connectivity index (χ3n) is 3.98. The summed E-state index contributed by atoms with van der Waals surface area (Å²) in [6.45, 7) is 3.61. The minimum absolute atomic E-state index is 0.226. The Morgan fingerprint density at radius 3 is 2.88 bits per heavy atom. The van der Waals surface area contributed by atoms with Crippen LogP contribution in [0.2, 0.25) is 0 Å². The Morgan fingerprint density at radius 1 is 1.31 bits per heavy atom. The number of aromatic amines is 1. The fraction of sp³-hybridized carbons (Fsp3) is 0.353. The number of H-pyrrole nitrogens is 1. The van der Waals surface area contributed by atoms with Crippen molar-refractivity contribution in [2.45, 2.75) is 32.9 Å². The van der Waals surface area contributed by atoms with Gasteiger partial charge >= 0.3 is 5.69 Å². The number of carbonyl (C=O) groups is 1. The lowest BCUT2D eigenvalue weighted by Crippen LogP contribution is -2.31. The molecule has 2 N–H and O–H groups in total. The summed E-state index contributed by atoms with van der Waals surface area (Å²) in [7, 11) is 0. The molecule has 3 heterocycles. The fourth-order valence-electron chi connectivity index (χ4n) is 2.71. The lowest BCUT2D eigenvalue weighted by Gasteiger charge is -2.09. The zero-order valence-corrected chi connectivity index (χ0v) is 14.4. The highest BCUT2D eigenvalue weighted by Crippen LogP contribution is 2.08. The van der Waals surface area contributed by atoms with Crippen LogP contribution >= 0.6 is 0 Å². The number of nitrogens with one attached hydrogen (secondary N) is 2. The summed E-state index contributed by atoms with van der Waals surface area (Å²) >= 11 is 0. The number of pyridine rings is 1. The van der Waals surface area contributed by atoms with E-state index in [1.807, 2.05) is 17.7 Å². The molecule has 9 heteroatoms. The van der Waals surface area contributed by atoms with Crippen molar-refractivity contribution < 1.29 is 4.79 Å². The van der Waals surface area contributed by atoms with Crippen molar-refractivity contribution in [1.82, 2.24) is 29.4 Å². The molecule has 0 aliphatic heterocycles. The average Bonchev–Trinajstić information content (AvgIpc) is 3.15. The van der Waals surface area contributed by atoms with Crippen molar-refractivity contribution in [1.29, 1.82) is 0 Å². The van der Waals surface area contributed by atoms with Gasteiger partial charge in [-0.15, -0.1) is 0 Å². The summed E-state index contributed by atoms with van der Waals surface area (Å²) in [5, 5.41) is 3.03. The molecule has 0 unspecified atom stereocenters. The number of aromatic nitrogens is 5. The number of hydrogen-bond donors (Lipinski definition) is 2. The van der Waals surface area contributed by atoms with Crippen LogP contribution < -0.4 is 16.6 Å². The Morgan fingerprint density at radius 2 is 2.15 bits per heavy atom. The van der Waals surface area contributed by atoms with Gasteiger partial charge in [0.25, 0.3) is 11.5 Å². The van der Waals surface area contributed by atoms with Crippen molar-refractivity contribution in [3.63, 3.8) is 0 Å². The standard InChI is InChI=1S/C17H20N6O3/c1-2-6-23-14-13(16(25)21-17(23)26)9-12(10-20-14)15(24)19-4-3-7-22-8-5-18-11-22/h5,8-11H,2-4,6-7H2,1H3,(H,19,24)(H,21,25,26). The van der Waals surface area contributed by atoms with Gasteiger partial charge in [0.1, 0.15) is 5.65 Å². The van der Waals surface area contributed by atoms with E-state index in [-0.39, 0.29) is 22.5 Å². The summed E-state index contributed by atoms with van der Waals surface area (Å²) in [5.41, 5.74) is -0.460. The Hall–Kier alpha value is -3.23. The molecule has 3 aromatic heterocycles. The van der Waals surface area contributed by atoms with Crippen LogP contribution in [0, 0.1) is 0 Å². The number of amides is 1. The summed E-state index contributed by atoms with van der Waals surface area (Å²) in [6.07, 6.45) is 8.14. The molecule has 0 bridgehead atoms. The molecule has 0 saturated carbocycles. The first-order chi connectivity index (χ1) is 12.6. The smallest absolute Gasteiger partial charge is 0.329 e. The summed E-state index contributed by atoms with van der Waals surface area (Å²) in [4.78, 5) is 46.7. The molecule has 0 fully saturated rings. The Balaban J connectivity index is 1.74. The second-order valence-corrected chi connectivity index (χ2v) is 5.92. The van der Waals surface area contributed by atoms with E-state index >= 15 is 0 Å². The number of nitrogens with zero attached hydrogens (tertiary/aromatic N) is 4. The van der Waals surface area contributed by atoms with Gasteiger partial charge < -0.3 is 9.88 Å². The molecule has 0 radical (unpaired) electrons. The van der Waals surface area contributed by atoms with Gasteiger partial charge in [-0.25, -0.2) is 14.8 Å². The first-order valence-corrected chi connectivity index (χ1v) is 8.47. The zero-order chi connectivity index (χ0) is 18.5. The molecule has 0 aliphatic rings. The van der Waals surface area contributed by atoms with Crippen LogP contribution in [-0.4, -0.2) is 36.5 Å². The normalized spacial score (nSPS) is 11.0. The minimum Gasteiger partial charge on any atom is -0.352 e. The van der Waals surface area contributed by atoms with Gasteiger partial charge in [0.2, 0.25) is 0 Å². The van der Waals surface area contributed by atoms with Crippen LogP contribution in [0.4, 0.5) is 0 Å². The van der Waals surface area contributed by atoms with E-state index in [0.717, 1.165) is 19.4 Å². The van der Waals surface area contributed by atoms with Crippen LogP contribution in [0.1, 0.15) is 30.1 Å². The van der Waals surface area contributed by atoms with Crippen LogP contribution in [0.25, 0.3) is 11.0 Å². The summed E-state index contributed by atoms with van der Waals surface area (Å²) in [5.74, 6) is -0.308. The largest absolute Gasteiger partial charge is 0.352 e. The number of imidazole rings is 1. The van der Waals surface area contributed by atoms with Gasteiger partial charge in [-0.1, -0.05) is 6.92 Å². The maximum Gasteiger partial charge on any atom is 0.329 e. The van der Waals surface area contributed by atoms with Gasteiger partial charge in [-0.3, -0.25) is 19.1 Å². The maximum atomic E-state index is 12.3. The van der Waals surface area contributed by atoms with E-state index in [1.54, 1.807) is 12.5 Å². The first-order valence-electron chi connectivity index (χ1n) is 8.47. The molecule has 0 saturated heterocycles. The fourth-order valence-corrected chi connectivity index (χ4v) is 2.71. The highest BCUT2D eigenvalue weighted by atomic mass is 16.2. The quantitative estimate of drug-likeness (QED) is 0.599. The molecular formula is C17H20N6O3. The van der Waals surface area contributed by atoms with E-state index in [1.165, 1.54) is 16.8 Å². The maximum absolute atomic E-state index is 12.3. The Labute approximate surface area is 148 Å². The molecule has 0 aromatic carbocycles. The molecule has 3 aromatic rings. The molecule has 0 aliphatic carbocycles. The molecular weight excluding hydrogens is 336 g/mol. The van der Waals surface area contributed by atoms with E-state index in [2.05, 4.69) is 20.3 Å². The lowest BCUT2D eigenvalue weighted by atomic mass is 10.2. The van der Waals surface area contributed by atoms with Gasteiger partial charge in [0.15, 0.2) is 0 Å². The van der Waals surface area contributed by atoms with Gasteiger partial charge in [-0.2, -0.15) is 0 Å². The Bertz CT molecular complexity index is 1020. The van der Waals surface area contributed by atoms with Crippen molar-refractivity contribution in [3.8, 4) is 0 Å². The van der Waals surface area contributed by atoms with Crippen molar-refractivity contribution in [2.75, 3.05) is 6.54 Å². The molecule has 9 nitrogen and oxygen atoms in total. The van der Waals surface area contributed by atoms with Crippen LogP contribution in [-0.2, 0) is 13.1 Å².